The van der Waals surface area contributed by atoms with Gasteiger partial charge in [-0.2, -0.15) is 22.0 Å². The third kappa shape index (κ3) is 4.43. The number of Topliss-reactive ketones (excluding diaryl/α,β-unsaturated/α-hetero) is 1. The van der Waals surface area contributed by atoms with Crippen molar-refractivity contribution in [3.63, 3.8) is 0 Å². The van der Waals surface area contributed by atoms with E-state index in [1.165, 1.54) is 15.7 Å². The van der Waals surface area contributed by atoms with Crippen LogP contribution in [0.3, 0.4) is 0 Å². The van der Waals surface area contributed by atoms with Gasteiger partial charge in [-0.05, 0) is 31.2 Å². The molecule has 1 saturated carbocycles. The van der Waals surface area contributed by atoms with E-state index in [1.54, 1.807) is 24.3 Å². The maximum atomic E-state index is 13.0. The van der Waals surface area contributed by atoms with Gasteiger partial charge in [0.1, 0.15) is 0 Å². The lowest BCUT2D eigenvalue weighted by molar-refractivity contribution is -0.391. The second kappa shape index (κ2) is 8.53. The van der Waals surface area contributed by atoms with Crippen molar-refractivity contribution in [2.75, 3.05) is 11.9 Å². The number of piperidine rings is 1. The fraction of sp³-hybridized carbons (Fsp3) is 0.476. The number of hydrogen-bond donors (Lipinski definition) is 2. The monoisotopic (exact) mass is 488 g/mol. The molecule has 1 saturated heterocycles. The van der Waals surface area contributed by atoms with E-state index in [-0.39, 0.29) is 24.8 Å². The Morgan fingerprint density at radius 1 is 1.12 bits per heavy atom. The van der Waals surface area contributed by atoms with E-state index >= 15 is 0 Å². The van der Waals surface area contributed by atoms with E-state index < -0.39 is 42.8 Å². The Morgan fingerprint density at radius 3 is 2.50 bits per heavy atom. The minimum Gasteiger partial charge on any atom is -0.351 e. The molecule has 2 fully saturated rings. The molecule has 1 aromatic carbocycles. The molecule has 4 rings (SSSR count). The minimum absolute atomic E-state index is 0.123. The number of likely N-dealkylation sites (tertiary alicyclic amines) is 1. The number of halogens is 5. The van der Waals surface area contributed by atoms with Crippen LogP contribution in [0.2, 0.25) is 0 Å². The zero-order valence-electron chi connectivity index (χ0n) is 17.6. The molecule has 0 spiro atoms. The molecule has 2 aliphatic rings. The van der Waals surface area contributed by atoms with Crippen molar-refractivity contribution in [3.05, 3.63) is 30.5 Å². The molecular weight excluding hydrogens is 467 g/mol. The van der Waals surface area contributed by atoms with E-state index in [2.05, 4.69) is 10.1 Å². The number of nitrogens with two attached hydrogens (primary N) is 1. The molecule has 34 heavy (non-hydrogen) atoms. The third-order valence-corrected chi connectivity index (χ3v) is 6.08. The Hall–Kier alpha value is -3.22. The van der Waals surface area contributed by atoms with Crippen LogP contribution in [0.5, 0.6) is 0 Å². The van der Waals surface area contributed by atoms with E-state index in [0.29, 0.717) is 29.4 Å². The molecule has 1 aliphatic carbocycles. The molecule has 3 N–H and O–H groups in total. The summed E-state index contributed by atoms with van der Waals surface area (Å²) in [5, 5.41) is 3.27. The average molecular weight is 488 g/mol. The molecule has 1 aliphatic heterocycles. The molecule has 2 heterocycles. The number of benzene rings is 1. The van der Waals surface area contributed by atoms with Gasteiger partial charge in [0, 0.05) is 24.0 Å². The molecule has 0 radical (unpaired) electrons. The van der Waals surface area contributed by atoms with Crippen molar-refractivity contribution >= 4 is 34.4 Å². The normalized spacial score (nSPS) is 22.0. The lowest BCUT2D eigenvalue weighted by Crippen LogP contribution is -2.45. The van der Waals surface area contributed by atoms with Gasteiger partial charge in [-0.15, -0.1) is 0 Å². The summed E-state index contributed by atoms with van der Waals surface area (Å²) in [6, 6.07) is 4.45. The van der Waals surface area contributed by atoms with Gasteiger partial charge in [0.2, 0.25) is 0 Å². The standard InChI is InChI=1S/C21H21F5N4O4/c22-20(23,24)21(25,26)34-7-3-6-17(31)16-9-11-8-15(11)30(16)19(33)28-13-10-29(18(27)32)14-5-2-1-4-12(13)14/h1-2,4-5,10-11,15-16H,3,6-9H2,(H2,27,32)(H,28,33)/t11-,15-,16+/m1/s1. The number of aromatic nitrogens is 1. The van der Waals surface area contributed by atoms with E-state index in [9.17, 15) is 36.3 Å². The summed E-state index contributed by atoms with van der Waals surface area (Å²) in [6.45, 7) is -0.962. The van der Waals surface area contributed by atoms with Gasteiger partial charge >= 0.3 is 24.3 Å². The number of ether oxygens (including phenoxy) is 1. The second-order valence-corrected chi connectivity index (χ2v) is 8.35. The summed E-state index contributed by atoms with van der Waals surface area (Å²) >= 11 is 0. The molecule has 8 nitrogen and oxygen atoms in total. The van der Waals surface area contributed by atoms with Crippen LogP contribution in [0.1, 0.15) is 25.7 Å². The highest BCUT2D eigenvalue weighted by atomic mass is 19.4. The number of anilines is 1. The number of para-hydroxylation sites is 1. The Kier molecular flexibility index (Phi) is 6.00. The fourth-order valence-electron chi connectivity index (χ4n) is 4.37. The molecule has 2 aromatic rings. The number of carbonyl (C=O) groups excluding carboxylic acids is 3. The Morgan fingerprint density at radius 2 is 1.82 bits per heavy atom. The molecule has 13 heteroatoms. The lowest BCUT2D eigenvalue weighted by atomic mass is 10.0. The molecule has 184 valence electrons. The van der Waals surface area contributed by atoms with Crippen LogP contribution >= 0.6 is 0 Å². The van der Waals surface area contributed by atoms with Crippen LogP contribution in [0.25, 0.3) is 10.9 Å². The van der Waals surface area contributed by atoms with Gasteiger partial charge in [0.15, 0.2) is 5.78 Å². The van der Waals surface area contributed by atoms with Crippen molar-refractivity contribution in [2.45, 2.75) is 50.1 Å². The minimum atomic E-state index is -5.84. The van der Waals surface area contributed by atoms with Crippen LogP contribution in [0.15, 0.2) is 30.5 Å². The Bertz CT molecular complexity index is 1130. The quantitative estimate of drug-likeness (QED) is 0.452. The summed E-state index contributed by atoms with van der Waals surface area (Å²) in [5.74, 6) is -0.321. The molecule has 1 aromatic heterocycles. The highest BCUT2D eigenvalue weighted by Gasteiger charge is 2.59. The van der Waals surface area contributed by atoms with Crippen molar-refractivity contribution in [1.82, 2.24) is 9.47 Å². The summed E-state index contributed by atoms with van der Waals surface area (Å²) in [5.41, 5.74) is 6.18. The molecule has 0 bridgehead atoms. The van der Waals surface area contributed by atoms with Gasteiger partial charge in [-0.25, -0.2) is 9.59 Å². The first-order valence-corrected chi connectivity index (χ1v) is 10.5. The number of carbonyl (C=O) groups is 3. The van der Waals surface area contributed by atoms with Gasteiger partial charge < -0.3 is 20.7 Å². The first-order chi connectivity index (χ1) is 15.9. The molecule has 3 amide bonds. The number of nitrogens with zero attached hydrogens (tertiary/aromatic N) is 2. The number of alkyl halides is 5. The van der Waals surface area contributed by atoms with Gasteiger partial charge in [-0.3, -0.25) is 9.36 Å². The van der Waals surface area contributed by atoms with Gasteiger partial charge in [-0.1, -0.05) is 18.2 Å². The number of primary amides is 1. The highest BCUT2D eigenvalue weighted by molar-refractivity contribution is 6.05. The van der Waals surface area contributed by atoms with Crippen LogP contribution < -0.4 is 11.1 Å². The van der Waals surface area contributed by atoms with Crippen LogP contribution in [-0.2, 0) is 9.53 Å². The smallest absolute Gasteiger partial charge is 0.351 e. The van der Waals surface area contributed by atoms with E-state index in [0.717, 1.165) is 0 Å². The summed E-state index contributed by atoms with van der Waals surface area (Å²) < 4.78 is 66.9. The highest BCUT2D eigenvalue weighted by Crippen LogP contribution is 2.48. The fourth-order valence-corrected chi connectivity index (χ4v) is 4.37. The second-order valence-electron chi connectivity index (χ2n) is 8.35. The maximum Gasteiger partial charge on any atom is 0.482 e. The third-order valence-electron chi connectivity index (χ3n) is 6.08. The number of rotatable bonds is 7. The van der Waals surface area contributed by atoms with Gasteiger partial charge in [0.25, 0.3) is 0 Å². The van der Waals surface area contributed by atoms with Crippen LogP contribution in [0.4, 0.5) is 37.2 Å². The van der Waals surface area contributed by atoms with E-state index in [1.807, 2.05) is 0 Å². The summed E-state index contributed by atoms with van der Waals surface area (Å²) in [7, 11) is 0. The SMILES string of the molecule is NC(=O)n1cc(NC(=O)N2[C@@H]3C[C@@H]3C[C@H]2C(=O)CCCOC(F)(F)C(F)(F)F)c2ccccc21. The predicted molar refractivity (Wildman–Crippen MR) is 109 cm³/mol. The van der Waals surface area contributed by atoms with Crippen molar-refractivity contribution in [1.29, 1.82) is 0 Å². The van der Waals surface area contributed by atoms with Crippen LogP contribution in [-0.4, -0.2) is 58.3 Å². The van der Waals surface area contributed by atoms with Crippen molar-refractivity contribution in [3.8, 4) is 0 Å². The molecular formula is C21H21F5N4O4. The lowest BCUT2D eigenvalue weighted by Gasteiger charge is -2.27. The van der Waals surface area contributed by atoms with E-state index in [4.69, 9.17) is 5.73 Å². The van der Waals surface area contributed by atoms with Crippen molar-refractivity contribution < 1.29 is 41.1 Å². The van der Waals surface area contributed by atoms with Crippen molar-refractivity contribution in [2.24, 2.45) is 11.7 Å². The predicted octanol–water partition coefficient (Wildman–Crippen LogP) is 4.08. The summed E-state index contributed by atoms with van der Waals surface area (Å²) in [4.78, 5) is 38.8. The largest absolute Gasteiger partial charge is 0.482 e. The summed E-state index contributed by atoms with van der Waals surface area (Å²) in [6.07, 6.45) is -9.32. The molecule has 3 atom stereocenters. The number of ketones is 1. The Labute approximate surface area is 189 Å². The topological polar surface area (TPSA) is 107 Å². The zero-order chi connectivity index (χ0) is 24.8. The zero-order valence-corrected chi connectivity index (χ0v) is 17.6. The number of fused-ring (bicyclic) bond motifs is 2. The maximum absolute atomic E-state index is 13.0. The number of nitrogens with one attached hydrogen (secondary N) is 1. The number of hydrogen-bond acceptors (Lipinski definition) is 4. The first kappa shape index (κ1) is 23.9. The Balaban J connectivity index is 1.40. The average Bonchev–Trinajstić information content (AvgIpc) is 3.26. The van der Waals surface area contributed by atoms with Gasteiger partial charge in [0.05, 0.1) is 23.9 Å². The first-order valence-electron chi connectivity index (χ1n) is 10.5. The molecule has 0 unspecified atom stereocenters. The number of amides is 3. The van der Waals surface area contributed by atoms with Crippen LogP contribution in [0, 0.1) is 5.92 Å². The number of urea groups is 1.